The third kappa shape index (κ3) is 5.58. The summed E-state index contributed by atoms with van der Waals surface area (Å²) in [5.74, 6) is -1.48. The van der Waals surface area contributed by atoms with Crippen molar-refractivity contribution in [2.75, 3.05) is 7.11 Å². The number of halogens is 2. The molecule has 1 aliphatic heterocycles. The molecule has 0 spiro atoms. The summed E-state index contributed by atoms with van der Waals surface area (Å²) in [6.45, 7) is 7.32. The molecule has 212 valence electrons. The first-order valence-corrected chi connectivity index (χ1v) is 15.4. The minimum atomic E-state index is -3.86. The van der Waals surface area contributed by atoms with Gasteiger partial charge in [-0.3, -0.25) is 9.59 Å². The van der Waals surface area contributed by atoms with Crippen LogP contribution in [0.5, 0.6) is 0 Å². The van der Waals surface area contributed by atoms with Gasteiger partial charge in [0.25, 0.3) is 0 Å². The molecule has 1 N–H and O–H groups in total. The Kier molecular flexibility index (Phi) is 8.44. The Morgan fingerprint density at radius 3 is 2.28 bits per heavy atom. The summed E-state index contributed by atoms with van der Waals surface area (Å²) in [6.07, 6.45) is 1.42. The van der Waals surface area contributed by atoms with Crippen molar-refractivity contribution in [3.05, 3.63) is 69.7 Å². The predicted octanol–water partition coefficient (Wildman–Crippen LogP) is 5.87. The number of piperidine rings is 1. The van der Waals surface area contributed by atoms with Gasteiger partial charge in [-0.1, -0.05) is 54.4 Å². The average Bonchev–Trinajstić information content (AvgIpc) is 3.66. The molecular formula is C29H36Cl2N2O5S. The number of hydrogen-bond acceptors (Lipinski definition) is 5. The van der Waals surface area contributed by atoms with Crippen LogP contribution in [0.3, 0.4) is 0 Å². The monoisotopic (exact) mass is 594 g/mol. The van der Waals surface area contributed by atoms with Crippen LogP contribution in [0.4, 0.5) is 0 Å². The van der Waals surface area contributed by atoms with E-state index in [9.17, 15) is 18.0 Å². The molecule has 2 aromatic carbocycles. The van der Waals surface area contributed by atoms with Crippen molar-refractivity contribution < 1.29 is 22.7 Å². The van der Waals surface area contributed by atoms with Gasteiger partial charge in [-0.15, -0.1) is 0 Å². The zero-order valence-corrected chi connectivity index (χ0v) is 25.2. The van der Waals surface area contributed by atoms with E-state index < -0.39 is 44.2 Å². The van der Waals surface area contributed by atoms with E-state index in [0.717, 1.165) is 11.1 Å². The number of nitrogens with one attached hydrogen (secondary N) is 1. The number of ether oxygens (including phenoxy) is 1. The van der Waals surface area contributed by atoms with E-state index in [0.29, 0.717) is 29.3 Å². The van der Waals surface area contributed by atoms with Crippen molar-refractivity contribution >= 4 is 45.1 Å². The Hall–Kier alpha value is -2.13. The van der Waals surface area contributed by atoms with Gasteiger partial charge in [0, 0.05) is 28.0 Å². The molecule has 4 rings (SSSR count). The van der Waals surface area contributed by atoms with E-state index >= 15 is 0 Å². The highest BCUT2D eigenvalue weighted by Crippen LogP contribution is 2.54. The lowest BCUT2D eigenvalue weighted by molar-refractivity contribution is -0.163. The molecule has 5 atom stereocenters. The first-order chi connectivity index (χ1) is 18.3. The summed E-state index contributed by atoms with van der Waals surface area (Å²) >= 11 is 12.7. The van der Waals surface area contributed by atoms with Crippen molar-refractivity contribution in [1.29, 1.82) is 0 Å². The van der Waals surface area contributed by atoms with Crippen molar-refractivity contribution in [3.8, 4) is 0 Å². The molecule has 10 heteroatoms. The van der Waals surface area contributed by atoms with Gasteiger partial charge in [0.05, 0.1) is 29.7 Å². The Labute approximate surface area is 241 Å². The number of sulfonamides is 1. The van der Waals surface area contributed by atoms with Crippen molar-refractivity contribution in [3.63, 3.8) is 0 Å². The van der Waals surface area contributed by atoms with Gasteiger partial charge in [-0.25, -0.2) is 13.1 Å². The van der Waals surface area contributed by atoms with Crippen LogP contribution < -0.4 is 4.72 Å². The van der Waals surface area contributed by atoms with E-state index in [2.05, 4.69) is 4.72 Å². The Bertz CT molecular complexity index is 1350. The maximum Gasteiger partial charge on any atom is 0.306 e. The molecule has 1 saturated heterocycles. The Balaban J connectivity index is 2.02. The van der Waals surface area contributed by atoms with Crippen LogP contribution in [0.25, 0.3) is 0 Å². The lowest BCUT2D eigenvalue weighted by Crippen LogP contribution is -2.66. The molecular weight excluding hydrogens is 559 g/mol. The largest absolute Gasteiger partial charge is 0.469 e. The predicted molar refractivity (Wildman–Crippen MR) is 153 cm³/mol. The van der Waals surface area contributed by atoms with Crippen molar-refractivity contribution in [1.82, 2.24) is 9.62 Å². The van der Waals surface area contributed by atoms with Crippen LogP contribution in [0.2, 0.25) is 10.0 Å². The number of benzene rings is 2. The standard InChI is InChI=1S/C29H36Cl2N2O5S/c1-6-18(2)33-25(19-10-12-21(30)13-11-19)24(20-8-7-9-22(31)16-20)26(32-39(36,37)28(3)14-15-28)29(4,27(33)35)17-23(34)38-5/h7-13,16,18,24-26,32H,6,14-15,17H2,1-5H3/t18?,24-,25-,26?,29-/m1/s1. The van der Waals surface area contributed by atoms with Gasteiger partial charge in [-0.2, -0.15) is 0 Å². The van der Waals surface area contributed by atoms with Gasteiger partial charge in [0.2, 0.25) is 15.9 Å². The number of amides is 1. The molecule has 0 aromatic heterocycles. The molecule has 2 fully saturated rings. The van der Waals surface area contributed by atoms with E-state index in [1.165, 1.54) is 7.11 Å². The quantitative estimate of drug-likeness (QED) is 0.366. The fourth-order valence-corrected chi connectivity index (χ4v) is 7.60. The lowest BCUT2D eigenvalue weighted by Gasteiger charge is -2.55. The minimum Gasteiger partial charge on any atom is -0.469 e. The second-order valence-electron chi connectivity index (χ2n) is 11.3. The zero-order valence-electron chi connectivity index (χ0n) is 22.9. The second kappa shape index (κ2) is 11.0. The third-order valence-corrected chi connectivity index (χ3v) is 11.3. The number of likely N-dealkylation sites (tertiary alicyclic amines) is 1. The normalized spacial score (nSPS) is 27.2. The summed E-state index contributed by atoms with van der Waals surface area (Å²) in [5, 5.41) is 1.03. The second-order valence-corrected chi connectivity index (χ2v) is 14.4. The highest BCUT2D eigenvalue weighted by atomic mass is 35.5. The van der Waals surface area contributed by atoms with E-state index in [1.54, 1.807) is 43.0 Å². The van der Waals surface area contributed by atoms with Crippen LogP contribution in [0.15, 0.2) is 48.5 Å². The number of esters is 1. The maximum atomic E-state index is 14.6. The van der Waals surface area contributed by atoms with Crippen molar-refractivity contribution in [2.24, 2.45) is 5.41 Å². The summed E-state index contributed by atoms with van der Waals surface area (Å²) in [7, 11) is -2.59. The lowest BCUT2D eigenvalue weighted by atomic mass is 9.63. The number of carbonyl (C=O) groups excluding carboxylic acids is 2. The molecule has 7 nitrogen and oxygen atoms in total. The molecule has 1 aliphatic carbocycles. The van der Waals surface area contributed by atoms with Crippen molar-refractivity contribution in [2.45, 2.75) is 82.2 Å². The molecule has 0 radical (unpaired) electrons. The summed E-state index contributed by atoms with van der Waals surface area (Å²) in [4.78, 5) is 29.2. The molecule has 39 heavy (non-hydrogen) atoms. The minimum absolute atomic E-state index is 0.213. The summed E-state index contributed by atoms with van der Waals surface area (Å²) < 4.78 is 34.5. The van der Waals surface area contributed by atoms with Gasteiger partial charge in [0.15, 0.2) is 0 Å². The molecule has 2 unspecified atom stereocenters. The van der Waals surface area contributed by atoms with Crippen LogP contribution in [0.1, 0.15) is 76.5 Å². The SMILES string of the molecule is CCC(C)N1C(=O)[C@](C)(CC(=O)OC)C(NS(=O)(=O)C2(C)CC2)[C@H](c2cccc(Cl)c2)[C@H]1c1ccc(Cl)cc1. The summed E-state index contributed by atoms with van der Waals surface area (Å²) in [5.41, 5.74) is 0.123. The van der Waals surface area contributed by atoms with Crippen LogP contribution in [-0.4, -0.2) is 49.1 Å². The maximum absolute atomic E-state index is 14.6. The van der Waals surface area contributed by atoms with E-state index in [-0.39, 0.29) is 18.4 Å². The molecule has 1 heterocycles. The van der Waals surface area contributed by atoms with E-state index in [4.69, 9.17) is 27.9 Å². The van der Waals surface area contributed by atoms with Gasteiger partial charge >= 0.3 is 5.97 Å². The first-order valence-electron chi connectivity index (χ1n) is 13.2. The highest BCUT2D eigenvalue weighted by molar-refractivity contribution is 7.91. The highest BCUT2D eigenvalue weighted by Gasteiger charge is 2.61. The van der Waals surface area contributed by atoms with Gasteiger partial charge in [-0.05, 0) is 75.4 Å². The Morgan fingerprint density at radius 1 is 1.10 bits per heavy atom. The molecule has 1 amide bonds. The molecule has 2 aromatic rings. The number of hydrogen-bond donors (Lipinski definition) is 1. The number of nitrogens with zero attached hydrogens (tertiary/aromatic N) is 1. The van der Waals surface area contributed by atoms with Crippen LogP contribution >= 0.6 is 23.2 Å². The van der Waals surface area contributed by atoms with E-state index in [1.807, 2.05) is 38.1 Å². The first kappa shape index (κ1) is 29.8. The molecule has 0 bridgehead atoms. The fourth-order valence-electron chi connectivity index (χ4n) is 5.61. The van der Waals surface area contributed by atoms with Gasteiger partial charge in [0.1, 0.15) is 0 Å². The number of carbonyl (C=O) groups is 2. The fraction of sp³-hybridized carbons (Fsp3) is 0.517. The van der Waals surface area contributed by atoms with Gasteiger partial charge < -0.3 is 9.64 Å². The average molecular weight is 596 g/mol. The third-order valence-electron chi connectivity index (χ3n) is 8.54. The molecule has 1 saturated carbocycles. The Morgan fingerprint density at radius 2 is 1.74 bits per heavy atom. The van der Waals surface area contributed by atoms with Crippen LogP contribution in [0, 0.1) is 5.41 Å². The zero-order chi connectivity index (χ0) is 28.8. The molecule has 2 aliphatic rings. The smallest absolute Gasteiger partial charge is 0.306 e. The summed E-state index contributed by atoms with van der Waals surface area (Å²) in [6, 6.07) is 12.8. The van der Waals surface area contributed by atoms with Crippen LogP contribution in [-0.2, 0) is 24.3 Å². The topological polar surface area (TPSA) is 92.8 Å². The number of methoxy groups -OCH3 is 1. The number of rotatable bonds is 9.